The van der Waals surface area contributed by atoms with Gasteiger partial charge in [-0.3, -0.25) is 0 Å². The van der Waals surface area contributed by atoms with Gasteiger partial charge >= 0.3 is 0 Å². The Morgan fingerprint density at radius 1 is 1.36 bits per heavy atom. The average molecular weight is 144 g/mol. The second kappa shape index (κ2) is 1.79. The fourth-order valence-electron chi connectivity index (χ4n) is 1.69. The van der Waals surface area contributed by atoms with Crippen LogP contribution in [0.1, 0.15) is 17.9 Å². The first-order chi connectivity index (χ1) is 5.45. The SMILES string of the molecule is [C]1Oc2ccccc2C2CC12. The third-order valence-electron chi connectivity index (χ3n) is 2.43. The molecule has 0 aromatic heterocycles. The van der Waals surface area contributed by atoms with E-state index in [-0.39, 0.29) is 0 Å². The van der Waals surface area contributed by atoms with Crippen molar-refractivity contribution in [2.45, 2.75) is 12.3 Å². The van der Waals surface area contributed by atoms with Crippen LogP contribution in [0.2, 0.25) is 0 Å². The second-order valence-electron chi connectivity index (χ2n) is 3.21. The van der Waals surface area contributed by atoms with E-state index in [2.05, 4.69) is 18.7 Å². The minimum Gasteiger partial charge on any atom is -0.478 e. The molecular weight excluding hydrogens is 136 g/mol. The molecule has 2 aliphatic rings. The lowest BCUT2D eigenvalue weighted by Gasteiger charge is -2.13. The summed E-state index contributed by atoms with van der Waals surface area (Å²) in [5, 5.41) is 0. The Bertz CT molecular complexity index is 293. The lowest BCUT2D eigenvalue weighted by atomic mass is 10.1. The number of rotatable bonds is 0. The second-order valence-corrected chi connectivity index (χ2v) is 3.21. The minimum atomic E-state index is 0.588. The molecule has 0 bridgehead atoms. The number of benzene rings is 1. The van der Waals surface area contributed by atoms with Gasteiger partial charge in [0.25, 0.3) is 0 Å². The smallest absolute Gasteiger partial charge is 0.200 e. The van der Waals surface area contributed by atoms with Crippen LogP contribution in [-0.2, 0) is 0 Å². The van der Waals surface area contributed by atoms with E-state index in [1.54, 1.807) is 0 Å². The summed E-state index contributed by atoms with van der Waals surface area (Å²) in [7, 11) is 0. The number of hydrogen-bond acceptors (Lipinski definition) is 1. The zero-order valence-electron chi connectivity index (χ0n) is 6.08. The van der Waals surface area contributed by atoms with Crippen LogP contribution >= 0.6 is 0 Å². The first kappa shape index (κ1) is 5.64. The Morgan fingerprint density at radius 3 is 3.27 bits per heavy atom. The summed E-state index contributed by atoms with van der Waals surface area (Å²) in [4.78, 5) is 0. The van der Waals surface area contributed by atoms with Gasteiger partial charge in [-0.1, -0.05) is 18.2 Å². The quantitative estimate of drug-likeness (QED) is 0.542. The zero-order chi connectivity index (χ0) is 7.26. The maximum atomic E-state index is 5.33. The van der Waals surface area contributed by atoms with E-state index < -0.39 is 0 Å². The van der Waals surface area contributed by atoms with Crippen molar-refractivity contribution < 1.29 is 4.74 Å². The average Bonchev–Trinajstić information content (AvgIpc) is 2.83. The van der Waals surface area contributed by atoms with Crippen molar-refractivity contribution in [3.63, 3.8) is 0 Å². The van der Waals surface area contributed by atoms with E-state index in [0.717, 1.165) is 11.7 Å². The fourth-order valence-corrected chi connectivity index (χ4v) is 1.69. The first-order valence-electron chi connectivity index (χ1n) is 3.96. The van der Waals surface area contributed by atoms with E-state index in [9.17, 15) is 0 Å². The molecule has 1 nitrogen and oxygen atoms in total. The molecule has 11 heavy (non-hydrogen) atoms. The Morgan fingerprint density at radius 2 is 2.27 bits per heavy atom. The van der Waals surface area contributed by atoms with Crippen LogP contribution in [0.5, 0.6) is 5.75 Å². The highest BCUT2D eigenvalue weighted by Gasteiger charge is 2.44. The van der Waals surface area contributed by atoms with E-state index in [4.69, 9.17) is 4.74 Å². The molecule has 1 saturated carbocycles. The van der Waals surface area contributed by atoms with Crippen LogP contribution in [0.25, 0.3) is 0 Å². The van der Waals surface area contributed by atoms with Crippen LogP contribution in [-0.4, -0.2) is 0 Å². The molecular formula is C10H8O. The van der Waals surface area contributed by atoms with E-state index in [1.165, 1.54) is 12.0 Å². The van der Waals surface area contributed by atoms with Crippen molar-refractivity contribution in [3.8, 4) is 5.75 Å². The van der Waals surface area contributed by atoms with Gasteiger partial charge in [-0.2, -0.15) is 0 Å². The number of fused-ring (bicyclic) bond motifs is 3. The topological polar surface area (TPSA) is 9.23 Å². The molecule has 2 radical (unpaired) electrons. The Labute approximate surface area is 66.0 Å². The molecule has 1 aliphatic heterocycles. The molecule has 0 spiro atoms. The monoisotopic (exact) mass is 144 g/mol. The van der Waals surface area contributed by atoms with Crippen molar-refractivity contribution in [1.82, 2.24) is 0 Å². The zero-order valence-corrected chi connectivity index (χ0v) is 6.08. The van der Waals surface area contributed by atoms with Crippen molar-refractivity contribution in [2.75, 3.05) is 0 Å². The third kappa shape index (κ3) is 0.710. The van der Waals surface area contributed by atoms with Gasteiger partial charge in [0.15, 0.2) is 6.61 Å². The normalized spacial score (nSPS) is 31.6. The Hall–Kier alpha value is -0.980. The number of ether oxygens (including phenoxy) is 1. The Balaban J connectivity index is 2.14. The first-order valence-corrected chi connectivity index (χ1v) is 3.96. The lowest BCUT2D eigenvalue weighted by molar-refractivity contribution is 0.360. The van der Waals surface area contributed by atoms with Gasteiger partial charge < -0.3 is 4.74 Å². The summed E-state index contributed by atoms with van der Waals surface area (Å²) >= 11 is 0. The summed E-state index contributed by atoms with van der Waals surface area (Å²) in [5.41, 5.74) is 1.37. The fraction of sp³-hybridized carbons (Fsp3) is 0.300. The van der Waals surface area contributed by atoms with Crippen LogP contribution in [0.4, 0.5) is 0 Å². The molecule has 0 N–H and O–H groups in total. The van der Waals surface area contributed by atoms with E-state index in [0.29, 0.717) is 5.92 Å². The van der Waals surface area contributed by atoms with Crippen molar-refractivity contribution in [3.05, 3.63) is 36.4 Å². The maximum Gasteiger partial charge on any atom is 0.200 e. The molecule has 1 fully saturated rings. The Kier molecular flexibility index (Phi) is 0.916. The highest BCUT2D eigenvalue weighted by molar-refractivity contribution is 5.43. The molecule has 1 heterocycles. The van der Waals surface area contributed by atoms with Gasteiger partial charge in [0.05, 0.1) is 0 Å². The van der Waals surface area contributed by atoms with Gasteiger partial charge in [0.1, 0.15) is 5.75 Å². The summed E-state index contributed by atoms with van der Waals surface area (Å²) < 4.78 is 5.33. The molecule has 1 heteroatoms. The highest BCUT2D eigenvalue weighted by atomic mass is 16.5. The molecule has 1 aromatic carbocycles. The molecule has 0 amide bonds. The number of hydrogen-bond donors (Lipinski definition) is 0. The summed E-state index contributed by atoms with van der Waals surface area (Å²) in [5.74, 6) is 2.32. The van der Waals surface area contributed by atoms with Crippen LogP contribution in [0, 0.1) is 12.5 Å². The van der Waals surface area contributed by atoms with Gasteiger partial charge in [-0.25, -0.2) is 0 Å². The van der Waals surface area contributed by atoms with Crippen LogP contribution < -0.4 is 4.74 Å². The molecule has 1 aliphatic carbocycles. The largest absolute Gasteiger partial charge is 0.478 e. The van der Waals surface area contributed by atoms with Crippen LogP contribution in [0.3, 0.4) is 0 Å². The predicted octanol–water partition coefficient (Wildman–Crippen LogP) is 2.22. The van der Waals surface area contributed by atoms with Gasteiger partial charge in [-0.05, 0) is 24.0 Å². The molecule has 3 rings (SSSR count). The minimum absolute atomic E-state index is 0.588. The summed E-state index contributed by atoms with van der Waals surface area (Å²) in [6.07, 6.45) is 1.23. The lowest BCUT2D eigenvalue weighted by Crippen LogP contribution is -2.01. The molecule has 2 unspecified atom stereocenters. The van der Waals surface area contributed by atoms with E-state index in [1.807, 2.05) is 12.1 Å². The molecule has 2 atom stereocenters. The maximum absolute atomic E-state index is 5.33. The van der Waals surface area contributed by atoms with Gasteiger partial charge in [-0.15, -0.1) is 0 Å². The summed E-state index contributed by atoms with van der Waals surface area (Å²) in [6, 6.07) is 8.24. The molecule has 0 saturated heterocycles. The van der Waals surface area contributed by atoms with E-state index >= 15 is 0 Å². The summed E-state index contributed by atoms with van der Waals surface area (Å²) in [6.45, 7) is 3.01. The van der Waals surface area contributed by atoms with Crippen molar-refractivity contribution in [1.29, 1.82) is 0 Å². The molecule has 54 valence electrons. The van der Waals surface area contributed by atoms with Gasteiger partial charge in [0.2, 0.25) is 0 Å². The predicted molar refractivity (Wildman–Crippen MR) is 41.2 cm³/mol. The number of para-hydroxylation sites is 1. The molecule has 1 aromatic rings. The third-order valence-corrected chi connectivity index (χ3v) is 2.43. The van der Waals surface area contributed by atoms with Gasteiger partial charge in [0, 0.05) is 5.92 Å². The van der Waals surface area contributed by atoms with Crippen molar-refractivity contribution >= 4 is 0 Å². The van der Waals surface area contributed by atoms with Crippen LogP contribution in [0.15, 0.2) is 24.3 Å². The van der Waals surface area contributed by atoms with Crippen molar-refractivity contribution in [2.24, 2.45) is 5.92 Å². The standard InChI is InChI=1S/C10H8O/c1-2-4-10-8(3-1)9-5-7(9)6-11-10/h1-4,7,9H,5H2. The highest BCUT2D eigenvalue weighted by Crippen LogP contribution is 2.55.